The zero-order valence-corrected chi connectivity index (χ0v) is 11.2. The molecule has 100 valence electrons. The number of anilines is 2. The van der Waals surface area contributed by atoms with Gasteiger partial charge in [-0.15, -0.1) is 0 Å². The molecule has 0 radical (unpaired) electrons. The van der Waals surface area contributed by atoms with E-state index in [0.29, 0.717) is 12.6 Å². The van der Waals surface area contributed by atoms with Crippen LogP contribution in [-0.4, -0.2) is 29.7 Å². The average Bonchev–Trinajstić information content (AvgIpc) is 2.32. The number of rotatable bonds is 7. The smallest absolute Gasteiger partial charge is 0.158 e. The Morgan fingerprint density at radius 2 is 2.11 bits per heavy atom. The molecule has 1 saturated carbocycles. The highest BCUT2D eigenvalue weighted by molar-refractivity contribution is 5.48. The maximum atomic E-state index is 5.11. The topological polar surface area (TPSA) is 59.1 Å². The molecule has 1 aliphatic rings. The summed E-state index contributed by atoms with van der Waals surface area (Å²) in [7, 11) is 1.66. The van der Waals surface area contributed by atoms with Gasteiger partial charge in [-0.1, -0.05) is 6.92 Å². The first-order valence-corrected chi connectivity index (χ1v) is 6.69. The van der Waals surface area contributed by atoms with E-state index in [1.165, 1.54) is 19.3 Å². The van der Waals surface area contributed by atoms with Crippen molar-refractivity contribution < 1.29 is 4.74 Å². The zero-order chi connectivity index (χ0) is 12.8. The van der Waals surface area contributed by atoms with Crippen molar-refractivity contribution >= 4 is 11.6 Å². The van der Waals surface area contributed by atoms with E-state index in [4.69, 9.17) is 4.74 Å². The predicted octanol–water partition coefficient (Wildman–Crippen LogP) is 2.41. The second-order valence-electron chi connectivity index (χ2n) is 4.69. The molecule has 0 amide bonds. The van der Waals surface area contributed by atoms with Crippen LogP contribution in [-0.2, 0) is 11.3 Å². The molecule has 0 spiro atoms. The summed E-state index contributed by atoms with van der Waals surface area (Å²) in [6, 6.07) is 2.56. The fraction of sp³-hybridized carbons (Fsp3) is 0.692. The molecule has 0 saturated heterocycles. The number of hydrogen-bond donors (Lipinski definition) is 2. The standard InChI is InChI=1S/C13H22N4O/c1-3-7-14-11-8-12(15-10-5-4-6-10)17-13(16-11)9-18-2/h8,10H,3-7,9H2,1-2H3,(H2,14,15,16,17). The van der Waals surface area contributed by atoms with Gasteiger partial charge in [-0.05, 0) is 25.7 Å². The fourth-order valence-electron chi connectivity index (χ4n) is 1.87. The lowest BCUT2D eigenvalue weighted by Gasteiger charge is -2.27. The summed E-state index contributed by atoms with van der Waals surface area (Å²) < 4.78 is 5.11. The third kappa shape index (κ3) is 3.57. The van der Waals surface area contributed by atoms with Crippen molar-refractivity contribution in [1.82, 2.24) is 9.97 Å². The van der Waals surface area contributed by atoms with Gasteiger partial charge in [0, 0.05) is 25.8 Å². The Morgan fingerprint density at radius 1 is 1.33 bits per heavy atom. The van der Waals surface area contributed by atoms with Crippen molar-refractivity contribution in [2.24, 2.45) is 0 Å². The molecule has 0 unspecified atom stereocenters. The van der Waals surface area contributed by atoms with Crippen molar-refractivity contribution in [3.05, 3.63) is 11.9 Å². The minimum atomic E-state index is 0.445. The Labute approximate surface area is 108 Å². The van der Waals surface area contributed by atoms with Gasteiger partial charge < -0.3 is 15.4 Å². The fourth-order valence-corrected chi connectivity index (χ4v) is 1.87. The molecule has 18 heavy (non-hydrogen) atoms. The highest BCUT2D eigenvalue weighted by atomic mass is 16.5. The number of aromatic nitrogens is 2. The molecule has 1 fully saturated rings. The van der Waals surface area contributed by atoms with Crippen LogP contribution in [0.1, 0.15) is 38.4 Å². The van der Waals surface area contributed by atoms with Crippen LogP contribution in [0, 0.1) is 0 Å². The molecule has 2 N–H and O–H groups in total. The summed E-state index contributed by atoms with van der Waals surface area (Å²) in [5.74, 6) is 2.50. The van der Waals surface area contributed by atoms with Crippen LogP contribution in [0.5, 0.6) is 0 Å². The van der Waals surface area contributed by atoms with Gasteiger partial charge >= 0.3 is 0 Å². The average molecular weight is 250 g/mol. The Kier molecular flexibility index (Phi) is 4.75. The first kappa shape index (κ1) is 13.1. The van der Waals surface area contributed by atoms with Crippen LogP contribution in [0.25, 0.3) is 0 Å². The molecule has 1 aromatic rings. The predicted molar refractivity (Wildman–Crippen MR) is 72.8 cm³/mol. The molecule has 5 heteroatoms. The Bertz CT molecular complexity index is 379. The molecule has 0 aliphatic heterocycles. The van der Waals surface area contributed by atoms with E-state index in [0.717, 1.165) is 30.4 Å². The minimum absolute atomic E-state index is 0.445. The van der Waals surface area contributed by atoms with E-state index in [-0.39, 0.29) is 0 Å². The Balaban J connectivity index is 2.07. The van der Waals surface area contributed by atoms with Gasteiger partial charge in [-0.25, -0.2) is 9.97 Å². The van der Waals surface area contributed by atoms with E-state index in [9.17, 15) is 0 Å². The SMILES string of the molecule is CCCNc1cc(NC2CCC2)nc(COC)n1. The van der Waals surface area contributed by atoms with Gasteiger partial charge in [0.15, 0.2) is 5.82 Å². The summed E-state index contributed by atoms with van der Waals surface area (Å²) in [5, 5.41) is 6.74. The first-order chi connectivity index (χ1) is 8.81. The van der Waals surface area contributed by atoms with Crippen molar-refractivity contribution in [3.63, 3.8) is 0 Å². The normalized spacial score (nSPS) is 15.2. The van der Waals surface area contributed by atoms with Crippen molar-refractivity contribution in [2.75, 3.05) is 24.3 Å². The minimum Gasteiger partial charge on any atom is -0.377 e. The molecule has 0 aromatic carbocycles. The van der Waals surface area contributed by atoms with Crippen molar-refractivity contribution in [2.45, 2.75) is 45.3 Å². The lowest BCUT2D eigenvalue weighted by atomic mass is 9.93. The molecule has 0 atom stereocenters. The number of nitrogens with zero attached hydrogens (tertiary/aromatic N) is 2. The second kappa shape index (κ2) is 6.54. The maximum Gasteiger partial charge on any atom is 0.158 e. The molecule has 1 heterocycles. The van der Waals surface area contributed by atoms with Gasteiger partial charge in [-0.3, -0.25) is 0 Å². The zero-order valence-electron chi connectivity index (χ0n) is 11.2. The van der Waals surface area contributed by atoms with E-state index in [1.54, 1.807) is 7.11 Å². The summed E-state index contributed by atoms with van der Waals surface area (Å²) in [6.45, 7) is 3.51. The Morgan fingerprint density at radius 3 is 2.72 bits per heavy atom. The third-order valence-corrected chi connectivity index (χ3v) is 3.06. The molecule has 1 aromatic heterocycles. The lowest BCUT2D eigenvalue weighted by Crippen LogP contribution is -2.27. The second-order valence-corrected chi connectivity index (χ2v) is 4.69. The van der Waals surface area contributed by atoms with Crippen molar-refractivity contribution in [3.8, 4) is 0 Å². The van der Waals surface area contributed by atoms with Crippen LogP contribution in [0.4, 0.5) is 11.6 Å². The van der Waals surface area contributed by atoms with Gasteiger partial charge in [0.25, 0.3) is 0 Å². The summed E-state index contributed by atoms with van der Waals surface area (Å²) >= 11 is 0. The van der Waals surface area contributed by atoms with E-state index >= 15 is 0 Å². The summed E-state index contributed by atoms with van der Waals surface area (Å²) in [6.07, 6.45) is 4.87. The Hall–Kier alpha value is -1.36. The van der Waals surface area contributed by atoms with Crippen LogP contribution >= 0.6 is 0 Å². The number of hydrogen-bond acceptors (Lipinski definition) is 5. The summed E-state index contributed by atoms with van der Waals surface area (Å²) in [4.78, 5) is 8.89. The first-order valence-electron chi connectivity index (χ1n) is 6.69. The largest absolute Gasteiger partial charge is 0.377 e. The molecule has 0 bridgehead atoms. The summed E-state index contributed by atoms with van der Waals surface area (Å²) in [5.41, 5.74) is 0. The molecular formula is C13H22N4O. The van der Waals surface area contributed by atoms with Gasteiger partial charge in [0.2, 0.25) is 0 Å². The van der Waals surface area contributed by atoms with E-state index in [2.05, 4.69) is 27.5 Å². The van der Waals surface area contributed by atoms with Gasteiger partial charge in [0.05, 0.1) is 0 Å². The molecular weight excluding hydrogens is 228 g/mol. The van der Waals surface area contributed by atoms with Gasteiger partial charge in [-0.2, -0.15) is 0 Å². The monoisotopic (exact) mass is 250 g/mol. The van der Waals surface area contributed by atoms with Crippen LogP contribution in [0.2, 0.25) is 0 Å². The molecule has 2 rings (SSSR count). The quantitative estimate of drug-likeness (QED) is 0.778. The number of ether oxygens (including phenoxy) is 1. The van der Waals surface area contributed by atoms with Crippen molar-refractivity contribution in [1.29, 1.82) is 0 Å². The third-order valence-electron chi connectivity index (χ3n) is 3.06. The van der Waals surface area contributed by atoms with Crippen LogP contribution in [0.15, 0.2) is 6.07 Å². The van der Waals surface area contributed by atoms with Crippen LogP contribution in [0.3, 0.4) is 0 Å². The van der Waals surface area contributed by atoms with E-state index in [1.807, 2.05) is 6.07 Å². The molecule has 5 nitrogen and oxygen atoms in total. The molecule has 1 aliphatic carbocycles. The van der Waals surface area contributed by atoms with Crippen LogP contribution < -0.4 is 10.6 Å². The van der Waals surface area contributed by atoms with E-state index < -0.39 is 0 Å². The number of methoxy groups -OCH3 is 1. The lowest BCUT2D eigenvalue weighted by molar-refractivity contribution is 0.178. The number of nitrogens with one attached hydrogen (secondary N) is 2. The highest BCUT2D eigenvalue weighted by Crippen LogP contribution is 2.23. The van der Waals surface area contributed by atoms with Gasteiger partial charge in [0.1, 0.15) is 18.2 Å². The highest BCUT2D eigenvalue weighted by Gasteiger charge is 2.18. The maximum absolute atomic E-state index is 5.11.